The lowest BCUT2D eigenvalue weighted by Gasteiger charge is -2.29. The normalized spacial score (nSPS) is 13.1. The van der Waals surface area contributed by atoms with Gasteiger partial charge in [0.25, 0.3) is 0 Å². The number of nitrogens with zero attached hydrogens (tertiary/aromatic N) is 4. The minimum atomic E-state index is -0.747. The maximum atomic E-state index is 14.0. The number of aromatic nitrogens is 2. The highest BCUT2D eigenvalue weighted by Crippen LogP contribution is 2.36. The zero-order valence-electron chi connectivity index (χ0n) is 14.6. The van der Waals surface area contributed by atoms with Crippen LogP contribution in [0.4, 0.5) is 31.8 Å². The van der Waals surface area contributed by atoms with Crippen LogP contribution in [0.2, 0.25) is 0 Å². The lowest BCUT2D eigenvalue weighted by molar-refractivity contribution is -0.383. The Bertz CT molecular complexity index is 1060. The van der Waals surface area contributed by atoms with Crippen LogP contribution in [0.25, 0.3) is 0 Å². The summed E-state index contributed by atoms with van der Waals surface area (Å²) < 4.78 is 27.4. The molecule has 0 radical (unpaired) electrons. The van der Waals surface area contributed by atoms with Gasteiger partial charge in [-0.25, -0.2) is 18.7 Å². The van der Waals surface area contributed by atoms with Gasteiger partial charge >= 0.3 is 5.69 Å². The van der Waals surface area contributed by atoms with Gasteiger partial charge in [-0.2, -0.15) is 0 Å². The molecule has 28 heavy (non-hydrogen) atoms. The summed E-state index contributed by atoms with van der Waals surface area (Å²) >= 11 is 0. The molecule has 1 aromatic heterocycles. The lowest BCUT2D eigenvalue weighted by Crippen LogP contribution is -2.31. The van der Waals surface area contributed by atoms with Gasteiger partial charge in [0.2, 0.25) is 11.6 Å². The molecule has 0 unspecified atom stereocenters. The van der Waals surface area contributed by atoms with Crippen LogP contribution in [0.15, 0.2) is 48.8 Å². The SMILES string of the molecule is O=[N+]([O-])c1c(Nc2cc(F)ccc2F)ncnc1N1CCc2ccccc2C1. The molecule has 4 rings (SSSR count). The highest BCUT2D eigenvalue weighted by Gasteiger charge is 2.29. The van der Waals surface area contributed by atoms with Gasteiger partial charge in [-0.05, 0) is 29.7 Å². The van der Waals surface area contributed by atoms with Crippen molar-refractivity contribution in [3.8, 4) is 0 Å². The maximum absolute atomic E-state index is 14.0. The number of halogens is 2. The first kappa shape index (κ1) is 17.8. The third-order valence-electron chi connectivity index (χ3n) is 4.60. The van der Waals surface area contributed by atoms with Gasteiger partial charge in [-0.3, -0.25) is 10.1 Å². The zero-order valence-corrected chi connectivity index (χ0v) is 14.6. The number of nitro groups is 1. The Hall–Kier alpha value is -3.62. The van der Waals surface area contributed by atoms with E-state index in [0.29, 0.717) is 13.1 Å². The number of benzene rings is 2. The molecule has 0 saturated carbocycles. The van der Waals surface area contributed by atoms with E-state index in [2.05, 4.69) is 15.3 Å². The number of anilines is 3. The van der Waals surface area contributed by atoms with Crippen LogP contribution in [-0.2, 0) is 13.0 Å². The van der Waals surface area contributed by atoms with Crippen molar-refractivity contribution in [1.29, 1.82) is 0 Å². The summed E-state index contributed by atoms with van der Waals surface area (Å²) in [5, 5.41) is 14.3. The molecule has 0 atom stereocenters. The van der Waals surface area contributed by atoms with Gasteiger partial charge in [0, 0.05) is 19.2 Å². The minimum Gasteiger partial charge on any atom is -0.346 e. The summed E-state index contributed by atoms with van der Waals surface area (Å²) in [6.45, 7) is 1.00. The number of rotatable bonds is 4. The van der Waals surface area contributed by atoms with Gasteiger partial charge in [-0.15, -0.1) is 0 Å². The Morgan fingerprint density at radius 3 is 2.68 bits per heavy atom. The molecule has 7 nitrogen and oxygen atoms in total. The number of fused-ring (bicyclic) bond motifs is 1. The summed E-state index contributed by atoms with van der Waals surface area (Å²) in [7, 11) is 0. The van der Waals surface area contributed by atoms with Gasteiger partial charge < -0.3 is 10.2 Å². The van der Waals surface area contributed by atoms with Crippen LogP contribution in [0.3, 0.4) is 0 Å². The van der Waals surface area contributed by atoms with Crippen molar-refractivity contribution in [1.82, 2.24) is 9.97 Å². The number of nitrogens with one attached hydrogen (secondary N) is 1. The molecule has 0 bridgehead atoms. The van der Waals surface area contributed by atoms with E-state index in [4.69, 9.17) is 0 Å². The van der Waals surface area contributed by atoms with Crippen LogP contribution in [0, 0.1) is 21.7 Å². The molecular formula is C19H15F2N5O2. The first-order valence-electron chi connectivity index (χ1n) is 8.56. The Balaban J connectivity index is 1.72. The van der Waals surface area contributed by atoms with Crippen molar-refractivity contribution in [2.45, 2.75) is 13.0 Å². The summed E-state index contributed by atoms with van der Waals surface area (Å²) in [5.74, 6) is -1.48. The third kappa shape index (κ3) is 3.34. The Morgan fingerprint density at radius 1 is 1.11 bits per heavy atom. The second-order valence-electron chi connectivity index (χ2n) is 6.34. The molecule has 9 heteroatoms. The predicted molar refractivity (Wildman–Crippen MR) is 99.5 cm³/mol. The average molecular weight is 383 g/mol. The monoisotopic (exact) mass is 383 g/mol. The second-order valence-corrected chi connectivity index (χ2v) is 6.34. The summed E-state index contributed by atoms with van der Waals surface area (Å²) in [4.78, 5) is 20.9. The molecule has 1 aliphatic rings. The fraction of sp³-hybridized carbons (Fsp3) is 0.158. The smallest absolute Gasteiger partial charge is 0.346 e. The Labute approximate surface area is 158 Å². The van der Waals surface area contributed by atoms with Crippen LogP contribution in [-0.4, -0.2) is 21.4 Å². The van der Waals surface area contributed by atoms with E-state index in [1.807, 2.05) is 24.3 Å². The van der Waals surface area contributed by atoms with Crippen molar-refractivity contribution in [3.63, 3.8) is 0 Å². The van der Waals surface area contributed by atoms with Gasteiger partial charge in [0.05, 0.1) is 10.6 Å². The summed E-state index contributed by atoms with van der Waals surface area (Å²) in [6.07, 6.45) is 1.89. The molecule has 1 N–H and O–H groups in total. The first-order valence-corrected chi connectivity index (χ1v) is 8.56. The van der Waals surface area contributed by atoms with Gasteiger partial charge in [0.1, 0.15) is 18.0 Å². The summed E-state index contributed by atoms with van der Waals surface area (Å²) in [5.41, 5.74) is 1.63. The first-order chi connectivity index (χ1) is 13.5. The second kappa shape index (κ2) is 7.18. The van der Waals surface area contributed by atoms with E-state index in [1.54, 1.807) is 4.90 Å². The molecule has 0 amide bonds. The van der Waals surface area contributed by atoms with Crippen LogP contribution in [0.1, 0.15) is 11.1 Å². The molecule has 1 aliphatic heterocycles. The van der Waals surface area contributed by atoms with E-state index in [9.17, 15) is 18.9 Å². The van der Waals surface area contributed by atoms with Gasteiger partial charge in [-0.1, -0.05) is 24.3 Å². The molecule has 0 aliphatic carbocycles. The van der Waals surface area contributed by atoms with E-state index in [-0.39, 0.29) is 23.0 Å². The molecule has 2 heterocycles. The van der Waals surface area contributed by atoms with Gasteiger partial charge in [0.15, 0.2) is 0 Å². The quantitative estimate of drug-likeness (QED) is 0.542. The minimum absolute atomic E-state index is 0.133. The topological polar surface area (TPSA) is 84.2 Å². The number of hydrogen-bond donors (Lipinski definition) is 1. The van der Waals surface area contributed by atoms with E-state index in [0.717, 1.165) is 30.2 Å². The molecule has 0 spiro atoms. The van der Waals surface area contributed by atoms with Crippen molar-refractivity contribution >= 4 is 23.0 Å². The summed E-state index contributed by atoms with van der Waals surface area (Å²) in [6, 6.07) is 10.7. The standard InChI is InChI=1S/C19H15F2N5O2/c20-14-5-6-15(21)16(9-14)24-18-17(26(27)28)19(23-11-22-18)25-8-7-12-3-1-2-4-13(12)10-25/h1-6,9,11H,7-8,10H2,(H,22,23,24). The van der Waals surface area contributed by atoms with E-state index < -0.39 is 16.6 Å². The fourth-order valence-corrected chi connectivity index (χ4v) is 3.26. The van der Waals surface area contributed by atoms with Crippen LogP contribution < -0.4 is 10.2 Å². The van der Waals surface area contributed by atoms with Crippen LogP contribution >= 0.6 is 0 Å². The fourth-order valence-electron chi connectivity index (χ4n) is 3.26. The zero-order chi connectivity index (χ0) is 19.7. The Kier molecular flexibility index (Phi) is 4.56. The number of hydrogen-bond acceptors (Lipinski definition) is 6. The van der Waals surface area contributed by atoms with Crippen LogP contribution in [0.5, 0.6) is 0 Å². The van der Waals surface area contributed by atoms with Crippen molar-refractivity contribution in [2.24, 2.45) is 0 Å². The molecule has 0 saturated heterocycles. The highest BCUT2D eigenvalue weighted by atomic mass is 19.1. The highest BCUT2D eigenvalue weighted by molar-refractivity contribution is 5.74. The molecule has 2 aromatic carbocycles. The Morgan fingerprint density at radius 2 is 1.89 bits per heavy atom. The van der Waals surface area contributed by atoms with E-state index >= 15 is 0 Å². The van der Waals surface area contributed by atoms with Crippen molar-refractivity contribution in [2.75, 3.05) is 16.8 Å². The lowest BCUT2D eigenvalue weighted by atomic mass is 10.00. The molecule has 0 fully saturated rings. The predicted octanol–water partition coefficient (Wildman–Crippen LogP) is 3.97. The van der Waals surface area contributed by atoms with Crippen molar-refractivity contribution in [3.05, 3.63) is 81.7 Å². The largest absolute Gasteiger partial charge is 0.353 e. The van der Waals surface area contributed by atoms with E-state index in [1.165, 1.54) is 11.9 Å². The molecule has 3 aromatic rings. The molecular weight excluding hydrogens is 368 g/mol. The average Bonchev–Trinajstić information content (AvgIpc) is 2.70. The van der Waals surface area contributed by atoms with Crippen molar-refractivity contribution < 1.29 is 13.7 Å². The maximum Gasteiger partial charge on any atom is 0.353 e. The molecule has 142 valence electrons. The third-order valence-corrected chi connectivity index (χ3v) is 4.60.